The molecule has 1 aliphatic carbocycles. The largest absolute Gasteiger partial charge is 0.790 e. The van der Waals surface area contributed by atoms with Crippen LogP contribution in [0.5, 0.6) is 0 Å². The fourth-order valence-electron chi connectivity index (χ4n) is 2.50. The Hall–Kier alpha value is -0.480. The van der Waals surface area contributed by atoms with Crippen LogP contribution < -0.4 is 9.79 Å². The molecule has 0 aromatic rings. The van der Waals surface area contributed by atoms with Crippen LogP contribution in [0.15, 0.2) is 12.2 Å². The Morgan fingerprint density at radius 1 is 1.10 bits per heavy atom. The molecule has 0 amide bonds. The van der Waals surface area contributed by atoms with Crippen LogP contribution in [0.1, 0.15) is 57.8 Å². The lowest BCUT2D eigenvalue weighted by Crippen LogP contribution is -2.25. The molecule has 0 aliphatic heterocycles. The van der Waals surface area contributed by atoms with Gasteiger partial charge in [0, 0.05) is 5.92 Å². The van der Waals surface area contributed by atoms with E-state index in [9.17, 15) is 19.1 Å². The van der Waals surface area contributed by atoms with Gasteiger partial charge in [0.15, 0.2) is 5.78 Å². The first-order valence-corrected chi connectivity index (χ1v) is 8.75. The number of allylic oxidation sites excluding steroid dienone is 1. The number of rotatable bonds is 3. The molecular formula is C14H23O5P-2. The second-order valence-electron chi connectivity index (χ2n) is 5.42. The monoisotopic (exact) mass is 302 g/mol. The van der Waals surface area contributed by atoms with Crippen molar-refractivity contribution in [1.82, 2.24) is 0 Å². The summed E-state index contributed by atoms with van der Waals surface area (Å²) in [5.74, 6) is -0.711. The molecule has 1 saturated carbocycles. The van der Waals surface area contributed by atoms with Gasteiger partial charge in [-0.2, -0.15) is 0 Å². The summed E-state index contributed by atoms with van der Waals surface area (Å²) in [4.78, 5) is 33.3. The van der Waals surface area contributed by atoms with E-state index in [2.05, 4.69) is 11.1 Å². The zero-order valence-corrected chi connectivity index (χ0v) is 12.7. The van der Waals surface area contributed by atoms with Gasteiger partial charge in [-0.05, 0) is 24.8 Å². The van der Waals surface area contributed by atoms with Crippen molar-refractivity contribution >= 4 is 13.6 Å². The predicted octanol–water partition coefficient (Wildman–Crippen LogP) is 2.10. The summed E-state index contributed by atoms with van der Waals surface area (Å²) >= 11 is 0. The third kappa shape index (κ3) is 7.34. The van der Waals surface area contributed by atoms with Gasteiger partial charge in [0.05, 0.1) is 14.4 Å². The number of carbonyl (C=O) groups is 1. The van der Waals surface area contributed by atoms with E-state index in [1.807, 2.05) is 0 Å². The maximum atomic E-state index is 12.2. The summed E-state index contributed by atoms with van der Waals surface area (Å²) < 4.78 is 14.8. The standard InChI is InChI=1S/C14H25O5P/c1-12-9-7-5-3-2-4-6-8-10-13(14(12)15)11-19-20(16,17)18/h13H,1-11H2,(H2,16,17,18)/p-2. The molecular weight excluding hydrogens is 279 g/mol. The van der Waals surface area contributed by atoms with Crippen LogP contribution in [0.25, 0.3) is 0 Å². The maximum Gasteiger partial charge on any atom is 0.163 e. The summed E-state index contributed by atoms with van der Waals surface area (Å²) in [6.07, 6.45) is 8.58. The second-order valence-corrected chi connectivity index (χ2v) is 6.57. The lowest BCUT2D eigenvalue weighted by Gasteiger charge is -2.30. The Bertz CT molecular complexity index is 374. The molecule has 0 saturated heterocycles. The molecule has 0 aromatic heterocycles. The highest BCUT2D eigenvalue weighted by Gasteiger charge is 2.21. The van der Waals surface area contributed by atoms with Gasteiger partial charge in [-0.1, -0.05) is 45.1 Å². The number of hydrogen-bond acceptors (Lipinski definition) is 5. The third-order valence-corrected chi connectivity index (χ3v) is 4.15. The van der Waals surface area contributed by atoms with Gasteiger partial charge < -0.3 is 18.9 Å². The van der Waals surface area contributed by atoms with Crippen molar-refractivity contribution in [2.45, 2.75) is 57.8 Å². The van der Waals surface area contributed by atoms with Gasteiger partial charge >= 0.3 is 0 Å². The minimum atomic E-state index is -5.02. The summed E-state index contributed by atoms with van der Waals surface area (Å²) in [6, 6.07) is 0. The number of phosphoric ester groups is 1. The number of Topliss-reactive ketones (excluding diaryl/α,β-unsaturated/α-hetero) is 1. The molecule has 5 nitrogen and oxygen atoms in total. The zero-order chi connectivity index (χ0) is 15.0. The highest BCUT2D eigenvalue weighted by atomic mass is 31.2. The summed E-state index contributed by atoms with van der Waals surface area (Å²) in [7, 11) is -5.02. The first-order valence-electron chi connectivity index (χ1n) is 7.29. The molecule has 1 atom stereocenters. The lowest BCUT2D eigenvalue weighted by molar-refractivity contribution is -0.342. The zero-order valence-electron chi connectivity index (χ0n) is 11.8. The van der Waals surface area contributed by atoms with Crippen molar-refractivity contribution in [3.05, 3.63) is 12.2 Å². The van der Waals surface area contributed by atoms with Crippen molar-refractivity contribution in [2.24, 2.45) is 5.92 Å². The van der Waals surface area contributed by atoms with Crippen LogP contribution in [0.4, 0.5) is 0 Å². The van der Waals surface area contributed by atoms with E-state index in [1.54, 1.807) is 0 Å². The molecule has 0 bridgehead atoms. The van der Waals surface area contributed by atoms with Crippen LogP contribution in [-0.2, 0) is 13.9 Å². The quantitative estimate of drug-likeness (QED) is 0.588. The van der Waals surface area contributed by atoms with E-state index < -0.39 is 13.7 Å². The van der Waals surface area contributed by atoms with E-state index in [4.69, 9.17) is 0 Å². The third-order valence-electron chi connectivity index (χ3n) is 3.68. The van der Waals surface area contributed by atoms with Crippen molar-refractivity contribution in [1.29, 1.82) is 0 Å². The van der Waals surface area contributed by atoms with Crippen molar-refractivity contribution < 1.29 is 23.7 Å². The molecule has 0 aromatic carbocycles. The molecule has 0 heterocycles. The van der Waals surface area contributed by atoms with Gasteiger partial charge in [0.1, 0.15) is 0 Å². The summed E-state index contributed by atoms with van der Waals surface area (Å²) in [5, 5.41) is 0. The molecule has 116 valence electrons. The number of carbonyl (C=O) groups excluding carboxylic acids is 1. The second kappa shape index (κ2) is 8.73. The van der Waals surface area contributed by atoms with E-state index in [0.29, 0.717) is 18.4 Å². The highest BCUT2D eigenvalue weighted by Crippen LogP contribution is 2.28. The number of ketones is 1. The Kier molecular flexibility index (Phi) is 7.67. The average molecular weight is 302 g/mol. The normalized spacial score (nSPS) is 24.0. The van der Waals surface area contributed by atoms with Crippen LogP contribution in [-0.4, -0.2) is 12.4 Å². The van der Waals surface area contributed by atoms with Crippen molar-refractivity contribution in [3.63, 3.8) is 0 Å². The van der Waals surface area contributed by atoms with Gasteiger partial charge in [-0.3, -0.25) is 4.79 Å². The molecule has 0 N–H and O–H groups in total. The smallest absolute Gasteiger partial charge is 0.163 e. The van der Waals surface area contributed by atoms with E-state index >= 15 is 0 Å². The van der Waals surface area contributed by atoms with Gasteiger partial charge in [0.2, 0.25) is 0 Å². The molecule has 1 fully saturated rings. The molecule has 1 unspecified atom stereocenters. The Balaban J connectivity index is 2.61. The minimum absolute atomic E-state index is 0.154. The molecule has 0 radical (unpaired) electrons. The molecule has 6 heteroatoms. The fraction of sp³-hybridized carbons (Fsp3) is 0.786. The molecule has 1 aliphatic rings. The number of phosphoric acid groups is 1. The summed E-state index contributed by atoms with van der Waals surface area (Å²) in [6.45, 7) is 3.44. The highest BCUT2D eigenvalue weighted by molar-refractivity contribution is 7.43. The van der Waals surface area contributed by atoms with E-state index in [1.165, 1.54) is 12.8 Å². The van der Waals surface area contributed by atoms with Crippen LogP contribution >= 0.6 is 7.82 Å². The van der Waals surface area contributed by atoms with Gasteiger partial charge in [-0.15, -0.1) is 0 Å². The fourth-order valence-corrected chi connectivity index (χ4v) is 2.86. The topological polar surface area (TPSA) is 89.5 Å². The molecule has 1 rings (SSSR count). The van der Waals surface area contributed by atoms with Crippen LogP contribution in [0.3, 0.4) is 0 Å². The first-order chi connectivity index (χ1) is 9.40. The molecule has 0 spiro atoms. The Labute approximate surface area is 120 Å². The first kappa shape index (κ1) is 17.6. The Morgan fingerprint density at radius 2 is 1.65 bits per heavy atom. The van der Waals surface area contributed by atoms with E-state index in [-0.39, 0.29) is 12.4 Å². The van der Waals surface area contributed by atoms with Crippen molar-refractivity contribution in [3.8, 4) is 0 Å². The average Bonchev–Trinajstić information content (AvgIpc) is 2.36. The summed E-state index contributed by atoms with van der Waals surface area (Å²) in [5.41, 5.74) is 0.519. The van der Waals surface area contributed by atoms with Gasteiger partial charge in [-0.25, -0.2) is 0 Å². The minimum Gasteiger partial charge on any atom is -0.790 e. The maximum absolute atomic E-state index is 12.2. The molecule has 20 heavy (non-hydrogen) atoms. The predicted molar refractivity (Wildman–Crippen MR) is 72.7 cm³/mol. The van der Waals surface area contributed by atoms with Crippen LogP contribution in [0, 0.1) is 5.92 Å². The number of hydrogen-bond donors (Lipinski definition) is 0. The SMILES string of the molecule is C=C1CCCCCCCCCC(COP(=O)([O-])[O-])C1=O. The van der Waals surface area contributed by atoms with Crippen molar-refractivity contribution in [2.75, 3.05) is 6.61 Å². The Morgan fingerprint density at radius 3 is 2.25 bits per heavy atom. The van der Waals surface area contributed by atoms with Crippen LogP contribution in [0.2, 0.25) is 0 Å². The van der Waals surface area contributed by atoms with Gasteiger partial charge in [0.25, 0.3) is 0 Å². The van der Waals surface area contributed by atoms with E-state index in [0.717, 1.165) is 32.1 Å². The lowest BCUT2D eigenvalue weighted by atomic mass is 9.90.